The fraction of sp³-hybridized carbons (Fsp3) is 0.750. The van der Waals surface area contributed by atoms with Crippen LogP contribution in [0.5, 0.6) is 5.75 Å². The van der Waals surface area contributed by atoms with Gasteiger partial charge < -0.3 is 9.64 Å². The highest BCUT2D eigenvalue weighted by molar-refractivity contribution is 5.47. The first-order valence-corrected chi connectivity index (χ1v) is 11.1. The minimum atomic E-state index is 0.847. The molecule has 1 aromatic carbocycles. The molecule has 0 saturated carbocycles. The van der Waals surface area contributed by atoms with Crippen molar-refractivity contribution in [1.29, 1.82) is 0 Å². The van der Waals surface area contributed by atoms with Gasteiger partial charge in [0.2, 0.25) is 0 Å². The number of rotatable bonds is 17. The van der Waals surface area contributed by atoms with E-state index in [2.05, 4.69) is 50.2 Å². The third-order valence-corrected chi connectivity index (χ3v) is 5.12. The summed E-state index contributed by atoms with van der Waals surface area (Å²) < 4.78 is 5.83. The molecule has 0 aromatic heterocycles. The fourth-order valence-corrected chi connectivity index (χ4v) is 3.33. The van der Waals surface area contributed by atoms with Crippen LogP contribution >= 0.6 is 0 Å². The molecule has 0 unspecified atom stereocenters. The monoisotopic (exact) mass is 361 g/mol. The SMILES string of the molecule is CCCCCCCCCCCCCCCCOc1ccc(N(C)C)cc1. The van der Waals surface area contributed by atoms with Crippen LogP contribution in [0.3, 0.4) is 0 Å². The first-order chi connectivity index (χ1) is 12.7. The average Bonchev–Trinajstić information content (AvgIpc) is 2.65. The van der Waals surface area contributed by atoms with Crippen molar-refractivity contribution in [2.45, 2.75) is 96.8 Å². The summed E-state index contributed by atoms with van der Waals surface area (Å²) in [5, 5.41) is 0. The quantitative estimate of drug-likeness (QED) is 0.265. The minimum absolute atomic E-state index is 0.847. The molecule has 0 atom stereocenters. The van der Waals surface area contributed by atoms with Crippen molar-refractivity contribution < 1.29 is 4.74 Å². The molecule has 1 rings (SSSR count). The van der Waals surface area contributed by atoms with Crippen LogP contribution in [0, 0.1) is 0 Å². The molecule has 0 saturated heterocycles. The number of benzene rings is 1. The summed E-state index contributed by atoms with van der Waals surface area (Å²) in [7, 11) is 4.12. The molecular weight excluding hydrogens is 318 g/mol. The summed E-state index contributed by atoms with van der Waals surface area (Å²) in [6.45, 7) is 3.14. The van der Waals surface area contributed by atoms with E-state index in [1.165, 1.54) is 95.6 Å². The van der Waals surface area contributed by atoms with E-state index >= 15 is 0 Å². The summed E-state index contributed by atoms with van der Waals surface area (Å²) in [6.07, 6.45) is 19.6. The van der Waals surface area contributed by atoms with Gasteiger partial charge in [-0.15, -0.1) is 0 Å². The molecule has 0 aliphatic rings. The lowest BCUT2D eigenvalue weighted by Gasteiger charge is -2.13. The number of anilines is 1. The van der Waals surface area contributed by atoms with E-state index in [9.17, 15) is 0 Å². The standard InChI is InChI=1S/C24H43NO/c1-4-5-6-7-8-9-10-11-12-13-14-15-16-17-22-26-24-20-18-23(19-21-24)25(2)3/h18-21H,4-17,22H2,1-3H3. The fourth-order valence-electron chi connectivity index (χ4n) is 3.33. The topological polar surface area (TPSA) is 12.5 Å². The Morgan fingerprint density at radius 1 is 0.615 bits per heavy atom. The number of unbranched alkanes of at least 4 members (excludes halogenated alkanes) is 13. The molecule has 0 heterocycles. The number of hydrogen-bond acceptors (Lipinski definition) is 2. The Kier molecular flexibility index (Phi) is 14.1. The molecule has 26 heavy (non-hydrogen) atoms. The summed E-state index contributed by atoms with van der Waals surface area (Å²) in [5.74, 6) is 0.991. The van der Waals surface area contributed by atoms with Crippen LogP contribution in [-0.2, 0) is 0 Å². The highest BCUT2D eigenvalue weighted by Gasteiger charge is 1.98. The lowest BCUT2D eigenvalue weighted by molar-refractivity contribution is 0.304. The molecule has 0 spiro atoms. The largest absolute Gasteiger partial charge is 0.494 e. The zero-order chi connectivity index (χ0) is 18.9. The molecule has 0 aliphatic carbocycles. The zero-order valence-corrected chi connectivity index (χ0v) is 17.8. The van der Waals surface area contributed by atoms with Gasteiger partial charge in [0.25, 0.3) is 0 Å². The first kappa shape index (κ1) is 22.9. The maximum absolute atomic E-state index is 5.83. The maximum atomic E-state index is 5.83. The molecule has 0 fully saturated rings. The highest BCUT2D eigenvalue weighted by Crippen LogP contribution is 2.18. The van der Waals surface area contributed by atoms with E-state index in [1.54, 1.807) is 0 Å². The lowest BCUT2D eigenvalue weighted by Crippen LogP contribution is -2.08. The Hall–Kier alpha value is -1.18. The molecule has 0 amide bonds. The molecule has 2 heteroatoms. The van der Waals surface area contributed by atoms with E-state index in [0.717, 1.165) is 12.4 Å². The summed E-state index contributed by atoms with van der Waals surface area (Å²) in [6, 6.07) is 8.36. The second-order valence-corrected chi connectivity index (χ2v) is 7.83. The molecule has 150 valence electrons. The van der Waals surface area contributed by atoms with Crippen LogP contribution in [0.4, 0.5) is 5.69 Å². The minimum Gasteiger partial charge on any atom is -0.494 e. The molecule has 0 aliphatic heterocycles. The highest BCUT2D eigenvalue weighted by atomic mass is 16.5. The van der Waals surface area contributed by atoms with Gasteiger partial charge in [-0.25, -0.2) is 0 Å². The van der Waals surface area contributed by atoms with E-state index in [4.69, 9.17) is 4.74 Å². The van der Waals surface area contributed by atoms with Gasteiger partial charge in [0.1, 0.15) is 5.75 Å². The Balaban J connectivity index is 1.82. The molecule has 1 aromatic rings. The number of nitrogens with zero attached hydrogens (tertiary/aromatic N) is 1. The van der Waals surface area contributed by atoms with Crippen molar-refractivity contribution in [3.05, 3.63) is 24.3 Å². The molecule has 0 N–H and O–H groups in total. The van der Waals surface area contributed by atoms with E-state index < -0.39 is 0 Å². The van der Waals surface area contributed by atoms with Gasteiger partial charge in [-0.2, -0.15) is 0 Å². The summed E-state index contributed by atoms with van der Waals surface area (Å²) >= 11 is 0. The van der Waals surface area contributed by atoms with Gasteiger partial charge in [0.05, 0.1) is 6.61 Å². The molecule has 0 bridgehead atoms. The van der Waals surface area contributed by atoms with Crippen molar-refractivity contribution >= 4 is 5.69 Å². The normalized spacial score (nSPS) is 10.9. The van der Waals surface area contributed by atoms with Crippen LogP contribution in [0.2, 0.25) is 0 Å². The van der Waals surface area contributed by atoms with Gasteiger partial charge in [-0.1, -0.05) is 90.4 Å². The van der Waals surface area contributed by atoms with Crippen LogP contribution in [-0.4, -0.2) is 20.7 Å². The van der Waals surface area contributed by atoms with Gasteiger partial charge >= 0.3 is 0 Å². The second kappa shape index (κ2) is 16.0. The Labute approximate surface area is 163 Å². The van der Waals surface area contributed by atoms with Gasteiger partial charge in [0, 0.05) is 19.8 Å². The van der Waals surface area contributed by atoms with Crippen molar-refractivity contribution in [3.63, 3.8) is 0 Å². The zero-order valence-electron chi connectivity index (χ0n) is 17.8. The van der Waals surface area contributed by atoms with Crippen molar-refractivity contribution in [1.82, 2.24) is 0 Å². The Morgan fingerprint density at radius 2 is 1.04 bits per heavy atom. The summed E-state index contributed by atoms with van der Waals surface area (Å²) in [4.78, 5) is 2.11. The van der Waals surface area contributed by atoms with Gasteiger partial charge in [-0.3, -0.25) is 0 Å². The van der Waals surface area contributed by atoms with Gasteiger partial charge in [0.15, 0.2) is 0 Å². The van der Waals surface area contributed by atoms with Crippen LogP contribution in [0.1, 0.15) is 96.8 Å². The van der Waals surface area contributed by atoms with Crippen molar-refractivity contribution in [2.75, 3.05) is 25.6 Å². The average molecular weight is 362 g/mol. The summed E-state index contributed by atoms with van der Waals surface area (Å²) in [5.41, 5.74) is 1.22. The number of ether oxygens (including phenoxy) is 1. The van der Waals surface area contributed by atoms with Crippen LogP contribution in [0.15, 0.2) is 24.3 Å². The van der Waals surface area contributed by atoms with E-state index in [-0.39, 0.29) is 0 Å². The third kappa shape index (κ3) is 12.2. The Morgan fingerprint density at radius 3 is 1.46 bits per heavy atom. The van der Waals surface area contributed by atoms with Gasteiger partial charge in [-0.05, 0) is 30.7 Å². The molecule has 0 radical (unpaired) electrons. The maximum Gasteiger partial charge on any atom is 0.119 e. The second-order valence-electron chi connectivity index (χ2n) is 7.83. The lowest BCUT2D eigenvalue weighted by atomic mass is 10.0. The molecular formula is C24H43NO. The first-order valence-electron chi connectivity index (χ1n) is 11.1. The van der Waals surface area contributed by atoms with E-state index in [1.807, 2.05) is 0 Å². The smallest absolute Gasteiger partial charge is 0.119 e. The predicted molar refractivity (Wildman–Crippen MR) is 117 cm³/mol. The van der Waals surface area contributed by atoms with Crippen LogP contribution < -0.4 is 9.64 Å². The number of hydrogen-bond donors (Lipinski definition) is 0. The van der Waals surface area contributed by atoms with E-state index in [0.29, 0.717) is 0 Å². The third-order valence-electron chi connectivity index (χ3n) is 5.12. The van der Waals surface area contributed by atoms with Crippen LogP contribution in [0.25, 0.3) is 0 Å². The predicted octanol–water partition coefficient (Wildman–Crippen LogP) is 7.61. The molecule has 2 nitrogen and oxygen atoms in total. The van der Waals surface area contributed by atoms with Crippen molar-refractivity contribution in [3.8, 4) is 5.75 Å². The van der Waals surface area contributed by atoms with Crippen molar-refractivity contribution in [2.24, 2.45) is 0 Å². The Bertz CT molecular complexity index is 413.